The van der Waals surface area contributed by atoms with Gasteiger partial charge >= 0.3 is 35.7 Å². The molecule has 156 valence electrons. The molecule has 8 heteroatoms. The molecule has 31 heavy (non-hydrogen) atoms. The third-order valence-corrected chi connectivity index (χ3v) is 5.34. The molecule has 0 fully saturated rings. The Hall–Kier alpha value is -2.35. The molecule has 4 rings (SSSR count). The molecule has 2 heterocycles. The molecule has 0 spiro atoms. The van der Waals surface area contributed by atoms with Gasteiger partial charge in [0.25, 0.3) is 5.91 Å². The van der Waals surface area contributed by atoms with E-state index in [1.54, 1.807) is 57.2 Å². The van der Waals surface area contributed by atoms with Gasteiger partial charge in [-0.2, -0.15) is 0 Å². The summed E-state index contributed by atoms with van der Waals surface area (Å²) in [7, 11) is 0. The number of para-hydroxylation sites is 2. The van der Waals surface area contributed by atoms with Crippen LogP contribution < -0.4 is 44.5 Å². The number of aliphatic carboxylic acids is 1. The van der Waals surface area contributed by atoms with Crippen molar-refractivity contribution >= 4 is 29.3 Å². The van der Waals surface area contributed by atoms with E-state index in [1.807, 2.05) is 12.1 Å². The van der Waals surface area contributed by atoms with Crippen LogP contribution in [0.25, 0.3) is 0 Å². The molecule has 2 amide bonds. The van der Waals surface area contributed by atoms with Gasteiger partial charge in [-0.1, -0.05) is 36.4 Å². The fourth-order valence-corrected chi connectivity index (χ4v) is 4.13. The summed E-state index contributed by atoms with van der Waals surface area (Å²) in [6, 6.07) is 12.3. The number of anilines is 2. The molecule has 7 nitrogen and oxygen atoms in total. The second kappa shape index (κ2) is 8.65. The molecule has 2 aliphatic rings. The van der Waals surface area contributed by atoms with Crippen molar-refractivity contribution in [2.45, 2.75) is 51.3 Å². The van der Waals surface area contributed by atoms with Crippen molar-refractivity contribution in [2.75, 3.05) is 9.80 Å². The summed E-state index contributed by atoms with van der Waals surface area (Å²) < 4.78 is 5.55. The van der Waals surface area contributed by atoms with Crippen LogP contribution in [0, 0.1) is 0 Å². The molecule has 2 aliphatic heterocycles. The molecule has 0 N–H and O–H groups in total. The van der Waals surface area contributed by atoms with Crippen molar-refractivity contribution in [3.63, 3.8) is 0 Å². The first-order valence-corrected chi connectivity index (χ1v) is 9.89. The first-order valence-electron chi connectivity index (χ1n) is 9.89. The number of hydrogen-bond donors (Lipinski definition) is 0. The molecule has 0 aromatic heterocycles. The van der Waals surface area contributed by atoms with Gasteiger partial charge in [-0.25, -0.2) is 4.79 Å². The molecule has 0 saturated carbocycles. The number of fused-ring (bicyclic) bond motifs is 2. The number of carbonyl (C=O) groups is 3. The summed E-state index contributed by atoms with van der Waals surface area (Å²) in [5, 5.41) is 11.8. The number of ether oxygens (including phenoxy) is 1. The number of benzene rings is 2. The molecular weight excluding hydrogens is 407 g/mol. The third kappa shape index (κ3) is 4.35. The first-order chi connectivity index (χ1) is 14.2. The Labute approximate surface area is 203 Å². The summed E-state index contributed by atoms with van der Waals surface area (Å²) in [6.07, 6.45) is -0.175. The quantitative estimate of drug-likeness (QED) is 0.574. The number of nitrogens with zero attached hydrogens (tertiary/aromatic N) is 2. The Balaban J connectivity index is 0.00000272. The zero-order valence-electron chi connectivity index (χ0n) is 18.1. The molecule has 0 saturated heterocycles. The summed E-state index contributed by atoms with van der Waals surface area (Å²) in [6.45, 7) is 5.27. The summed E-state index contributed by atoms with van der Waals surface area (Å²) in [4.78, 5) is 41.1. The predicted molar refractivity (Wildman–Crippen MR) is 109 cm³/mol. The number of carboxylic acids is 1. The van der Waals surface area contributed by atoms with Crippen LogP contribution in [0.3, 0.4) is 0 Å². The molecular formula is C23H23N2NaO5. The van der Waals surface area contributed by atoms with E-state index in [-0.39, 0.29) is 42.4 Å². The zero-order chi connectivity index (χ0) is 21.6. The van der Waals surface area contributed by atoms with Gasteiger partial charge in [0.2, 0.25) is 0 Å². The van der Waals surface area contributed by atoms with E-state index in [0.29, 0.717) is 11.4 Å². The van der Waals surface area contributed by atoms with Gasteiger partial charge in [0.15, 0.2) is 0 Å². The van der Waals surface area contributed by atoms with Gasteiger partial charge in [0.1, 0.15) is 11.6 Å². The Kier molecular flexibility index (Phi) is 6.51. The van der Waals surface area contributed by atoms with Gasteiger partial charge in [-0.15, -0.1) is 0 Å². The Morgan fingerprint density at radius 1 is 0.871 bits per heavy atom. The molecule has 2 atom stereocenters. The number of hydrogen-bond acceptors (Lipinski definition) is 5. The zero-order valence-corrected chi connectivity index (χ0v) is 20.1. The minimum atomic E-state index is -1.32. The smallest absolute Gasteiger partial charge is 0.548 e. The van der Waals surface area contributed by atoms with Crippen LogP contribution in [0.4, 0.5) is 16.2 Å². The van der Waals surface area contributed by atoms with Gasteiger partial charge in [-0.05, 0) is 44.0 Å². The molecule has 0 bridgehead atoms. The van der Waals surface area contributed by atoms with Crippen molar-refractivity contribution in [2.24, 2.45) is 0 Å². The number of carboxylic acid groups (broad SMARTS) is 1. The minimum absolute atomic E-state index is 0. The van der Waals surface area contributed by atoms with Crippen molar-refractivity contribution in [3.8, 4) is 0 Å². The van der Waals surface area contributed by atoms with Crippen molar-refractivity contribution < 1.29 is 53.8 Å². The van der Waals surface area contributed by atoms with E-state index in [0.717, 1.165) is 11.1 Å². The SMILES string of the molecule is CC(C)(C)OC(=O)N1c2ccccc2C[C@@H]1C(=O)N1c2ccccc2C[C@@H]1C(=O)[O-].[Na+]. The average molecular weight is 430 g/mol. The average Bonchev–Trinajstić information content (AvgIpc) is 3.25. The van der Waals surface area contributed by atoms with E-state index < -0.39 is 35.7 Å². The molecule has 2 aromatic carbocycles. The van der Waals surface area contributed by atoms with Crippen molar-refractivity contribution in [1.29, 1.82) is 0 Å². The number of carbonyl (C=O) groups excluding carboxylic acids is 3. The standard InChI is InChI=1S/C23H24N2O5.Na/c1-23(2,3)30-22(29)25-17-11-7-5-8-14(17)12-18(25)20(26)24-16-10-6-4-9-15(16)13-19(24)21(27)28;/h4-11,18-19H,12-13H2,1-3H3,(H,27,28);/q;+1/p-1/t18-,19-;/m1./s1. The monoisotopic (exact) mass is 430 g/mol. The maximum atomic E-state index is 13.7. The van der Waals surface area contributed by atoms with Gasteiger partial charge in [0, 0.05) is 18.5 Å². The van der Waals surface area contributed by atoms with E-state index in [9.17, 15) is 19.5 Å². The van der Waals surface area contributed by atoms with Crippen LogP contribution in [0.1, 0.15) is 31.9 Å². The van der Waals surface area contributed by atoms with Gasteiger partial charge in [0.05, 0.1) is 17.7 Å². The molecule has 2 aromatic rings. The normalized spacial score (nSPS) is 19.3. The fourth-order valence-electron chi connectivity index (χ4n) is 4.13. The topological polar surface area (TPSA) is 90.0 Å². The Morgan fingerprint density at radius 2 is 1.35 bits per heavy atom. The van der Waals surface area contributed by atoms with Crippen LogP contribution in [0.5, 0.6) is 0 Å². The summed E-state index contributed by atoms with van der Waals surface area (Å²) in [5.41, 5.74) is 1.99. The number of amides is 2. The molecule has 0 unspecified atom stereocenters. The van der Waals surface area contributed by atoms with Crippen LogP contribution in [-0.4, -0.2) is 35.7 Å². The van der Waals surface area contributed by atoms with Crippen LogP contribution in [-0.2, 0) is 27.2 Å². The van der Waals surface area contributed by atoms with Gasteiger partial charge < -0.3 is 19.5 Å². The summed E-state index contributed by atoms with van der Waals surface area (Å²) in [5.74, 6) is -1.78. The third-order valence-electron chi connectivity index (χ3n) is 5.34. The van der Waals surface area contributed by atoms with Crippen molar-refractivity contribution in [1.82, 2.24) is 0 Å². The predicted octanol–water partition coefficient (Wildman–Crippen LogP) is -0.935. The molecule has 0 aliphatic carbocycles. The van der Waals surface area contributed by atoms with E-state index in [1.165, 1.54) is 9.80 Å². The Bertz CT molecular complexity index is 1030. The summed E-state index contributed by atoms with van der Waals surface area (Å²) >= 11 is 0. The van der Waals surface area contributed by atoms with E-state index >= 15 is 0 Å². The number of rotatable bonds is 2. The van der Waals surface area contributed by atoms with Gasteiger partial charge in [-0.3, -0.25) is 9.69 Å². The van der Waals surface area contributed by atoms with Crippen LogP contribution in [0.2, 0.25) is 0 Å². The molecule has 0 radical (unpaired) electrons. The Morgan fingerprint density at radius 3 is 1.87 bits per heavy atom. The maximum absolute atomic E-state index is 13.7. The van der Waals surface area contributed by atoms with Crippen molar-refractivity contribution in [3.05, 3.63) is 59.7 Å². The maximum Gasteiger partial charge on any atom is 1.00 e. The van der Waals surface area contributed by atoms with Crippen LogP contribution >= 0.6 is 0 Å². The van der Waals surface area contributed by atoms with E-state index in [4.69, 9.17) is 4.74 Å². The second-order valence-corrected chi connectivity index (χ2v) is 8.57. The second-order valence-electron chi connectivity index (χ2n) is 8.57. The fraction of sp³-hybridized carbons (Fsp3) is 0.348. The van der Waals surface area contributed by atoms with Crippen LogP contribution in [0.15, 0.2) is 48.5 Å². The van der Waals surface area contributed by atoms with E-state index in [2.05, 4.69) is 0 Å². The largest absolute Gasteiger partial charge is 1.00 e. The minimum Gasteiger partial charge on any atom is -0.548 e. The first kappa shape index (κ1) is 23.3.